The number of hydrogen-bond acceptors (Lipinski definition) is 5. The highest BCUT2D eigenvalue weighted by molar-refractivity contribution is 7.00. The van der Waals surface area contributed by atoms with Gasteiger partial charge < -0.3 is 5.32 Å². The van der Waals surface area contributed by atoms with E-state index in [-0.39, 0.29) is 5.91 Å². The first kappa shape index (κ1) is 12.9. The summed E-state index contributed by atoms with van der Waals surface area (Å²) in [5.74, 6) is -0.196. The van der Waals surface area contributed by atoms with E-state index >= 15 is 0 Å². The summed E-state index contributed by atoms with van der Waals surface area (Å²) >= 11 is 1.16. The lowest BCUT2D eigenvalue weighted by molar-refractivity contribution is 0.101. The SMILES string of the molecule is Cn1nc2ccccc2c1C(=O)Nc1ccc2nsnc2c1. The number of nitrogens with one attached hydrogen (secondary N) is 1. The summed E-state index contributed by atoms with van der Waals surface area (Å²) in [6.45, 7) is 0. The molecule has 0 saturated heterocycles. The van der Waals surface area contributed by atoms with E-state index in [9.17, 15) is 4.79 Å². The maximum absolute atomic E-state index is 12.6. The third-order valence-corrected chi connectivity index (χ3v) is 4.02. The standard InChI is InChI=1S/C15H11N5OS/c1-20-14(10-4-2-3-5-11(10)17-20)15(21)16-9-6-7-12-13(8-9)19-22-18-12/h2-8H,1H3,(H,16,21). The van der Waals surface area contributed by atoms with Crippen LogP contribution < -0.4 is 5.32 Å². The van der Waals surface area contributed by atoms with Crippen molar-refractivity contribution in [3.63, 3.8) is 0 Å². The second-order valence-electron chi connectivity index (χ2n) is 4.91. The van der Waals surface area contributed by atoms with Crippen molar-refractivity contribution in [3.05, 3.63) is 48.2 Å². The molecule has 0 atom stereocenters. The van der Waals surface area contributed by atoms with E-state index in [0.29, 0.717) is 11.4 Å². The van der Waals surface area contributed by atoms with E-state index in [0.717, 1.165) is 33.7 Å². The topological polar surface area (TPSA) is 72.7 Å². The Labute approximate surface area is 129 Å². The van der Waals surface area contributed by atoms with Gasteiger partial charge in [-0.3, -0.25) is 9.48 Å². The molecule has 1 amide bonds. The van der Waals surface area contributed by atoms with E-state index in [2.05, 4.69) is 19.2 Å². The normalized spacial score (nSPS) is 11.1. The van der Waals surface area contributed by atoms with E-state index in [1.54, 1.807) is 11.7 Å². The number of amides is 1. The molecule has 7 heteroatoms. The lowest BCUT2D eigenvalue weighted by atomic mass is 10.2. The average molecular weight is 309 g/mol. The van der Waals surface area contributed by atoms with Gasteiger partial charge in [-0.05, 0) is 24.3 Å². The molecule has 0 saturated carbocycles. The first-order chi connectivity index (χ1) is 10.7. The van der Waals surface area contributed by atoms with Gasteiger partial charge in [0, 0.05) is 18.1 Å². The monoisotopic (exact) mass is 309 g/mol. The fourth-order valence-corrected chi connectivity index (χ4v) is 2.98. The minimum Gasteiger partial charge on any atom is -0.321 e. The largest absolute Gasteiger partial charge is 0.321 e. The van der Waals surface area contributed by atoms with Crippen LogP contribution in [0.4, 0.5) is 5.69 Å². The number of carbonyl (C=O) groups excluding carboxylic acids is 1. The fraction of sp³-hybridized carbons (Fsp3) is 0.0667. The Morgan fingerprint density at radius 1 is 1.09 bits per heavy atom. The molecule has 2 aromatic carbocycles. The lowest BCUT2D eigenvalue weighted by Gasteiger charge is -2.05. The van der Waals surface area contributed by atoms with Gasteiger partial charge in [0.25, 0.3) is 5.91 Å². The summed E-state index contributed by atoms with van der Waals surface area (Å²) in [6.07, 6.45) is 0. The van der Waals surface area contributed by atoms with Gasteiger partial charge in [0.15, 0.2) is 0 Å². The molecular formula is C15H11N5OS. The van der Waals surface area contributed by atoms with Crippen LogP contribution in [0.1, 0.15) is 10.5 Å². The van der Waals surface area contributed by atoms with Crippen LogP contribution in [0.3, 0.4) is 0 Å². The molecule has 108 valence electrons. The Balaban J connectivity index is 1.72. The Bertz CT molecular complexity index is 1000. The number of nitrogens with zero attached hydrogens (tertiary/aromatic N) is 4. The van der Waals surface area contributed by atoms with Crippen LogP contribution in [0.15, 0.2) is 42.5 Å². The van der Waals surface area contributed by atoms with Crippen LogP contribution in [0.25, 0.3) is 21.9 Å². The van der Waals surface area contributed by atoms with Crippen LogP contribution in [-0.2, 0) is 7.05 Å². The summed E-state index contributed by atoms with van der Waals surface area (Å²) in [6, 6.07) is 13.1. The highest BCUT2D eigenvalue weighted by atomic mass is 32.1. The van der Waals surface area contributed by atoms with E-state index in [4.69, 9.17) is 0 Å². The number of fused-ring (bicyclic) bond motifs is 2. The van der Waals surface area contributed by atoms with Gasteiger partial charge in [-0.1, -0.05) is 18.2 Å². The molecule has 6 nitrogen and oxygen atoms in total. The zero-order valence-electron chi connectivity index (χ0n) is 11.6. The Hall–Kier alpha value is -2.80. The first-order valence-electron chi connectivity index (χ1n) is 6.68. The summed E-state index contributed by atoms with van der Waals surface area (Å²) in [7, 11) is 1.77. The van der Waals surface area contributed by atoms with Crippen LogP contribution in [0, 0.1) is 0 Å². The molecular weight excluding hydrogens is 298 g/mol. The summed E-state index contributed by atoms with van der Waals surface area (Å²) < 4.78 is 9.93. The molecule has 0 aliphatic heterocycles. The number of benzene rings is 2. The minimum atomic E-state index is -0.196. The van der Waals surface area contributed by atoms with Crippen molar-refractivity contribution < 1.29 is 4.79 Å². The van der Waals surface area contributed by atoms with E-state index in [1.807, 2.05) is 42.5 Å². The number of anilines is 1. The van der Waals surface area contributed by atoms with Gasteiger partial charge in [-0.25, -0.2) is 0 Å². The molecule has 1 N–H and O–H groups in total. The number of rotatable bonds is 2. The molecule has 0 unspecified atom stereocenters. The molecule has 0 fully saturated rings. The predicted molar refractivity (Wildman–Crippen MR) is 86.1 cm³/mol. The van der Waals surface area contributed by atoms with Gasteiger partial charge in [0.1, 0.15) is 16.7 Å². The van der Waals surface area contributed by atoms with Gasteiger partial charge in [0.2, 0.25) is 0 Å². The maximum Gasteiger partial charge on any atom is 0.274 e. The second kappa shape index (κ2) is 4.88. The predicted octanol–water partition coefficient (Wildman–Crippen LogP) is 2.83. The first-order valence-corrected chi connectivity index (χ1v) is 7.41. The Morgan fingerprint density at radius 3 is 2.82 bits per heavy atom. The van der Waals surface area contributed by atoms with Crippen LogP contribution in [0.2, 0.25) is 0 Å². The summed E-state index contributed by atoms with van der Waals surface area (Å²) in [4.78, 5) is 12.6. The van der Waals surface area contributed by atoms with Gasteiger partial charge in [-0.15, -0.1) is 0 Å². The zero-order valence-corrected chi connectivity index (χ0v) is 12.5. The molecule has 4 rings (SSSR count). The smallest absolute Gasteiger partial charge is 0.274 e. The van der Waals surface area contributed by atoms with Gasteiger partial charge in [-0.2, -0.15) is 13.8 Å². The van der Waals surface area contributed by atoms with Crippen molar-refractivity contribution in [1.82, 2.24) is 18.5 Å². The van der Waals surface area contributed by atoms with Crippen molar-refractivity contribution in [3.8, 4) is 0 Å². The van der Waals surface area contributed by atoms with Crippen molar-refractivity contribution in [2.45, 2.75) is 0 Å². The maximum atomic E-state index is 12.6. The third-order valence-electron chi connectivity index (χ3n) is 3.47. The van der Waals surface area contributed by atoms with Crippen molar-refractivity contribution in [1.29, 1.82) is 0 Å². The lowest BCUT2D eigenvalue weighted by Crippen LogP contribution is -2.16. The van der Waals surface area contributed by atoms with Crippen molar-refractivity contribution >= 4 is 45.3 Å². The molecule has 0 aliphatic rings. The van der Waals surface area contributed by atoms with Gasteiger partial charge in [0.05, 0.1) is 17.2 Å². The third kappa shape index (κ3) is 2.03. The van der Waals surface area contributed by atoms with Crippen LogP contribution >= 0.6 is 11.7 Å². The van der Waals surface area contributed by atoms with E-state index < -0.39 is 0 Å². The van der Waals surface area contributed by atoms with Crippen LogP contribution in [-0.4, -0.2) is 24.4 Å². The second-order valence-corrected chi connectivity index (χ2v) is 5.44. The Morgan fingerprint density at radius 2 is 1.91 bits per heavy atom. The molecule has 0 aliphatic carbocycles. The average Bonchev–Trinajstić information content (AvgIpc) is 3.09. The van der Waals surface area contributed by atoms with E-state index in [1.165, 1.54) is 0 Å². The van der Waals surface area contributed by atoms with Crippen molar-refractivity contribution in [2.75, 3.05) is 5.32 Å². The number of carbonyl (C=O) groups is 1. The van der Waals surface area contributed by atoms with Crippen molar-refractivity contribution in [2.24, 2.45) is 7.05 Å². The van der Waals surface area contributed by atoms with Gasteiger partial charge >= 0.3 is 0 Å². The molecule has 0 radical (unpaired) electrons. The highest BCUT2D eigenvalue weighted by Gasteiger charge is 2.16. The Kier molecular flexibility index (Phi) is 2.87. The molecule has 2 heterocycles. The molecule has 4 aromatic rings. The summed E-state index contributed by atoms with van der Waals surface area (Å²) in [5.41, 5.74) is 3.63. The molecule has 22 heavy (non-hydrogen) atoms. The quantitative estimate of drug-likeness (QED) is 0.618. The number of aryl methyl sites for hydroxylation is 1. The zero-order chi connectivity index (χ0) is 15.1. The minimum absolute atomic E-state index is 0.196. The molecule has 0 spiro atoms. The van der Waals surface area contributed by atoms with Crippen LogP contribution in [0.5, 0.6) is 0 Å². The number of aromatic nitrogens is 4. The fourth-order valence-electron chi connectivity index (χ4n) is 2.47. The number of hydrogen-bond donors (Lipinski definition) is 1. The highest BCUT2D eigenvalue weighted by Crippen LogP contribution is 2.21. The molecule has 2 aromatic heterocycles. The molecule has 0 bridgehead atoms. The summed E-state index contributed by atoms with van der Waals surface area (Å²) in [5, 5.41) is 8.08.